The molecule has 1 unspecified atom stereocenters. The Labute approximate surface area is 175 Å². The van der Waals surface area contributed by atoms with Crippen molar-refractivity contribution in [3.8, 4) is 11.4 Å². The Morgan fingerprint density at radius 3 is 2.60 bits per heavy atom. The molecule has 7 nitrogen and oxygen atoms in total. The third-order valence-corrected chi connectivity index (χ3v) is 5.49. The molecule has 1 amide bonds. The summed E-state index contributed by atoms with van der Waals surface area (Å²) >= 11 is 0. The zero-order valence-corrected chi connectivity index (χ0v) is 17.3. The molecular weight excluding hydrogens is 380 g/mol. The van der Waals surface area contributed by atoms with Gasteiger partial charge in [-0.25, -0.2) is 14.0 Å². The molecule has 30 heavy (non-hydrogen) atoms. The molecule has 1 aliphatic heterocycles. The number of aromatic nitrogens is 3. The van der Waals surface area contributed by atoms with E-state index >= 15 is 0 Å². The van der Waals surface area contributed by atoms with Gasteiger partial charge >= 0.3 is 5.69 Å². The van der Waals surface area contributed by atoms with Gasteiger partial charge in [-0.1, -0.05) is 35.9 Å². The standard InChI is InChI=1S/C23H26N4O3/c1-17-10-12-20(13-11-17)30-16-21(28)26-14-6-7-18(15-26)22-24-25(2)23(29)27(22)19-8-4-3-5-9-19/h3-5,8-13,18H,6-7,14-16H2,1-2H3. The van der Waals surface area contributed by atoms with Crippen molar-refractivity contribution in [2.75, 3.05) is 19.7 Å². The van der Waals surface area contributed by atoms with Crippen LogP contribution in [0.4, 0.5) is 0 Å². The van der Waals surface area contributed by atoms with Gasteiger partial charge in [0, 0.05) is 26.1 Å². The molecule has 1 fully saturated rings. The number of carbonyl (C=O) groups excluding carboxylic acids is 1. The summed E-state index contributed by atoms with van der Waals surface area (Å²) in [5, 5.41) is 4.50. The first kappa shape index (κ1) is 19.9. The summed E-state index contributed by atoms with van der Waals surface area (Å²) < 4.78 is 8.69. The lowest BCUT2D eigenvalue weighted by atomic mass is 9.97. The van der Waals surface area contributed by atoms with Crippen LogP contribution < -0.4 is 10.4 Å². The van der Waals surface area contributed by atoms with Gasteiger partial charge in [-0.05, 0) is 44.0 Å². The lowest BCUT2D eigenvalue weighted by molar-refractivity contribution is -0.134. The quantitative estimate of drug-likeness (QED) is 0.653. The fourth-order valence-corrected chi connectivity index (χ4v) is 3.85. The number of amides is 1. The largest absolute Gasteiger partial charge is 0.484 e. The van der Waals surface area contributed by atoms with Crippen LogP contribution in [0.2, 0.25) is 0 Å². The van der Waals surface area contributed by atoms with E-state index in [1.807, 2.05) is 66.4 Å². The van der Waals surface area contributed by atoms with E-state index in [4.69, 9.17) is 4.74 Å². The van der Waals surface area contributed by atoms with Crippen molar-refractivity contribution >= 4 is 5.91 Å². The predicted molar refractivity (Wildman–Crippen MR) is 114 cm³/mol. The Bertz CT molecular complexity index is 1070. The molecule has 156 valence electrons. The summed E-state index contributed by atoms with van der Waals surface area (Å²) in [5.74, 6) is 1.33. The number of benzene rings is 2. The molecule has 7 heteroatoms. The molecule has 0 aliphatic carbocycles. The highest BCUT2D eigenvalue weighted by Gasteiger charge is 2.29. The number of rotatable bonds is 5. The van der Waals surface area contributed by atoms with Crippen molar-refractivity contribution in [2.45, 2.75) is 25.7 Å². The first-order valence-electron chi connectivity index (χ1n) is 10.2. The average molecular weight is 406 g/mol. The molecule has 0 spiro atoms. The number of aryl methyl sites for hydroxylation is 2. The minimum absolute atomic E-state index is 0.00346. The van der Waals surface area contributed by atoms with Crippen LogP contribution in [0.1, 0.15) is 30.1 Å². The fourth-order valence-electron chi connectivity index (χ4n) is 3.85. The van der Waals surface area contributed by atoms with Crippen LogP contribution in [0.25, 0.3) is 5.69 Å². The van der Waals surface area contributed by atoms with Gasteiger partial charge in [-0.3, -0.25) is 4.79 Å². The highest BCUT2D eigenvalue weighted by atomic mass is 16.5. The van der Waals surface area contributed by atoms with E-state index < -0.39 is 0 Å². The monoisotopic (exact) mass is 406 g/mol. The van der Waals surface area contributed by atoms with Crippen LogP contribution in [-0.4, -0.2) is 44.9 Å². The van der Waals surface area contributed by atoms with Crippen molar-refractivity contribution in [3.63, 3.8) is 0 Å². The molecular formula is C23H26N4O3. The van der Waals surface area contributed by atoms with Crippen LogP contribution in [0, 0.1) is 6.92 Å². The maximum atomic E-state index is 12.7. The Morgan fingerprint density at radius 2 is 1.87 bits per heavy atom. The van der Waals surface area contributed by atoms with Crippen molar-refractivity contribution < 1.29 is 9.53 Å². The molecule has 2 aromatic carbocycles. The second-order valence-corrected chi connectivity index (χ2v) is 7.72. The summed E-state index contributed by atoms with van der Waals surface area (Å²) in [6.07, 6.45) is 1.74. The first-order chi connectivity index (χ1) is 14.5. The van der Waals surface area contributed by atoms with Crippen LogP contribution in [0.5, 0.6) is 5.75 Å². The van der Waals surface area contributed by atoms with Crippen molar-refractivity contribution in [3.05, 3.63) is 76.5 Å². The molecule has 0 saturated carbocycles. The van der Waals surface area contributed by atoms with Gasteiger partial charge in [0.15, 0.2) is 6.61 Å². The van der Waals surface area contributed by atoms with Gasteiger partial charge in [-0.15, -0.1) is 0 Å². The predicted octanol–water partition coefficient (Wildman–Crippen LogP) is 2.66. The fraction of sp³-hybridized carbons (Fsp3) is 0.348. The number of piperidine rings is 1. The second kappa shape index (κ2) is 8.57. The zero-order valence-electron chi connectivity index (χ0n) is 17.3. The molecule has 1 aromatic heterocycles. The number of hydrogen-bond donors (Lipinski definition) is 0. The minimum atomic E-state index is -0.178. The maximum Gasteiger partial charge on any atom is 0.350 e. The molecule has 0 N–H and O–H groups in total. The molecule has 0 bridgehead atoms. The Morgan fingerprint density at radius 1 is 1.13 bits per heavy atom. The van der Waals surface area contributed by atoms with Gasteiger partial charge in [0.25, 0.3) is 5.91 Å². The van der Waals surface area contributed by atoms with Gasteiger partial charge in [0.1, 0.15) is 11.6 Å². The Balaban J connectivity index is 1.49. The van der Waals surface area contributed by atoms with Gasteiger partial charge < -0.3 is 9.64 Å². The average Bonchev–Trinajstić information content (AvgIpc) is 3.08. The highest BCUT2D eigenvalue weighted by Crippen LogP contribution is 2.26. The summed E-state index contributed by atoms with van der Waals surface area (Å²) in [6.45, 7) is 3.23. The molecule has 1 saturated heterocycles. The van der Waals surface area contributed by atoms with E-state index in [-0.39, 0.29) is 24.1 Å². The van der Waals surface area contributed by atoms with E-state index in [0.717, 1.165) is 24.1 Å². The minimum Gasteiger partial charge on any atom is -0.484 e. The smallest absolute Gasteiger partial charge is 0.350 e. The summed E-state index contributed by atoms with van der Waals surface area (Å²) in [4.78, 5) is 27.3. The van der Waals surface area contributed by atoms with E-state index in [1.165, 1.54) is 4.68 Å². The normalized spacial score (nSPS) is 16.5. The summed E-state index contributed by atoms with van der Waals surface area (Å²) in [6, 6.07) is 17.2. The summed E-state index contributed by atoms with van der Waals surface area (Å²) in [7, 11) is 1.66. The topological polar surface area (TPSA) is 69.4 Å². The number of nitrogens with zero attached hydrogens (tertiary/aromatic N) is 4. The lowest BCUT2D eigenvalue weighted by Gasteiger charge is -2.32. The Kier molecular flexibility index (Phi) is 5.70. The van der Waals surface area contributed by atoms with E-state index in [1.54, 1.807) is 11.6 Å². The van der Waals surface area contributed by atoms with Gasteiger partial charge in [-0.2, -0.15) is 5.10 Å². The number of carbonyl (C=O) groups is 1. The van der Waals surface area contributed by atoms with Crippen molar-refractivity contribution in [1.82, 2.24) is 19.2 Å². The zero-order chi connectivity index (χ0) is 21.1. The number of hydrogen-bond acceptors (Lipinski definition) is 4. The highest BCUT2D eigenvalue weighted by molar-refractivity contribution is 5.78. The van der Waals surface area contributed by atoms with Crippen LogP contribution in [-0.2, 0) is 11.8 Å². The Hall–Kier alpha value is -3.35. The summed E-state index contributed by atoms with van der Waals surface area (Å²) in [5.41, 5.74) is 1.76. The van der Waals surface area contributed by atoms with Crippen LogP contribution in [0.3, 0.4) is 0 Å². The van der Waals surface area contributed by atoms with Crippen molar-refractivity contribution in [1.29, 1.82) is 0 Å². The molecule has 1 aliphatic rings. The van der Waals surface area contributed by atoms with Gasteiger partial charge in [0.2, 0.25) is 0 Å². The molecule has 2 heterocycles. The molecule has 4 rings (SSSR count). The second-order valence-electron chi connectivity index (χ2n) is 7.72. The maximum absolute atomic E-state index is 12.7. The van der Waals surface area contributed by atoms with Crippen LogP contribution >= 0.6 is 0 Å². The van der Waals surface area contributed by atoms with E-state index in [9.17, 15) is 9.59 Å². The number of likely N-dealkylation sites (tertiary alicyclic amines) is 1. The molecule has 3 aromatic rings. The number of para-hydroxylation sites is 1. The third-order valence-electron chi connectivity index (χ3n) is 5.49. The SMILES string of the molecule is Cc1ccc(OCC(=O)N2CCCC(c3nn(C)c(=O)n3-c3ccccc3)C2)cc1. The lowest BCUT2D eigenvalue weighted by Crippen LogP contribution is -2.42. The first-order valence-corrected chi connectivity index (χ1v) is 10.2. The third kappa shape index (κ3) is 4.15. The molecule has 1 atom stereocenters. The van der Waals surface area contributed by atoms with Crippen molar-refractivity contribution in [2.24, 2.45) is 7.05 Å². The van der Waals surface area contributed by atoms with E-state index in [2.05, 4.69) is 5.10 Å². The van der Waals surface area contributed by atoms with E-state index in [0.29, 0.717) is 24.7 Å². The molecule has 0 radical (unpaired) electrons. The van der Waals surface area contributed by atoms with Crippen LogP contribution in [0.15, 0.2) is 59.4 Å². The van der Waals surface area contributed by atoms with Gasteiger partial charge in [0.05, 0.1) is 5.69 Å². The number of ether oxygens (including phenoxy) is 1.